The van der Waals surface area contributed by atoms with Crippen LogP contribution in [-0.2, 0) is 0 Å². The molecule has 3 aromatic carbocycles. The van der Waals surface area contributed by atoms with Crippen LogP contribution >= 0.6 is 0 Å². The van der Waals surface area contributed by atoms with Crippen LogP contribution in [0.15, 0.2) is 89.7 Å². The van der Waals surface area contributed by atoms with E-state index >= 15 is 0 Å². The number of nitrogens with one attached hydrogen (secondary N) is 1. The van der Waals surface area contributed by atoms with E-state index in [-0.39, 0.29) is 11.5 Å². The molecule has 2 heterocycles. The van der Waals surface area contributed by atoms with Crippen LogP contribution < -0.4 is 10.9 Å². The van der Waals surface area contributed by atoms with Crippen LogP contribution in [0.3, 0.4) is 0 Å². The summed E-state index contributed by atoms with van der Waals surface area (Å²) in [6.45, 7) is 3.63. The summed E-state index contributed by atoms with van der Waals surface area (Å²) in [5, 5.41) is 4.87. The molecule has 1 N–H and O–H groups in total. The molecule has 5 heteroatoms. The van der Waals surface area contributed by atoms with Crippen molar-refractivity contribution in [2.24, 2.45) is 0 Å². The summed E-state index contributed by atoms with van der Waals surface area (Å²) in [4.78, 5) is 31.8. The quantitative estimate of drug-likeness (QED) is 0.398. The summed E-state index contributed by atoms with van der Waals surface area (Å²) in [6.07, 6.45) is 0. The number of hydrogen-bond donors (Lipinski definition) is 1. The van der Waals surface area contributed by atoms with Gasteiger partial charge in [0.2, 0.25) is 0 Å². The second-order valence-electron chi connectivity index (χ2n) is 7.72. The molecular weight excluding hydrogens is 398 g/mol. The van der Waals surface area contributed by atoms with Crippen molar-refractivity contribution >= 4 is 33.3 Å². The summed E-state index contributed by atoms with van der Waals surface area (Å²) in [7, 11) is 0. The van der Waals surface area contributed by atoms with E-state index in [1.807, 2.05) is 98.8 Å². The van der Waals surface area contributed by atoms with Crippen molar-refractivity contribution in [3.8, 4) is 5.69 Å². The molecule has 0 unspecified atom stereocenters. The molecule has 5 aromatic rings. The van der Waals surface area contributed by atoms with Crippen LogP contribution in [-0.4, -0.2) is 15.5 Å². The fourth-order valence-corrected chi connectivity index (χ4v) is 4.31. The van der Waals surface area contributed by atoms with Gasteiger partial charge in [-0.2, -0.15) is 0 Å². The van der Waals surface area contributed by atoms with Gasteiger partial charge in [-0.15, -0.1) is 0 Å². The van der Waals surface area contributed by atoms with E-state index in [4.69, 9.17) is 0 Å². The molecule has 0 saturated carbocycles. The Balaban J connectivity index is 1.89. The number of pyridine rings is 2. The first-order chi connectivity index (χ1) is 15.6. The molecule has 0 aliphatic carbocycles. The number of benzene rings is 3. The van der Waals surface area contributed by atoms with Crippen LogP contribution in [0.1, 0.15) is 21.7 Å². The van der Waals surface area contributed by atoms with Crippen molar-refractivity contribution in [3.05, 3.63) is 112 Å². The average molecular weight is 419 g/mol. The summed E-state index contributed by atoms with van der Waals surface area (Å²) in [5.41, 5.74) is 3.62. The van der Waals surface area contributed by atoms with E-state index in [9.17, 15) is 9.59 Å². The second kappa shape index (κ2) is 7.78. The number of fused-ring (bicyclic) bond motifs is 3. The Labute approximate surface area is 185 Å². The van der Waals surface area contributed by atoms with Crippen molar-refractivity contribution in [2.75, 3.05) is 5.32 Å². The van der Waals surface area contributed by atoms with E-state index in [1.54, 1.807) is 4.57 Å². The highest BCUT2D eigenvalue weighted by atomic mass is 16.1. The number of aromatic nitrogens is 2. The zero-order chi connectivity index (χ0) is 22.2. The summed E-state index contributed by atoms with van der Waals surface area (Å²) >= 11 is 0. The zero-order valence-electron chi connectivity index (χ0n) is 17.8. The van der Waals surface area contributed by atoms with E-state index in [1.165, 1.54) is 0 Å². The topological polar surface area (TPSA) is 64.0 Å². The zero-order valence-corrected chi connectivity index (χ0v) is 17.8. The molecule has 0 atom stereocenters. The Hall–Kier alpha value is -4.25. The molecule has 0 aliphatic rings. The van der Waals surface area contributed by atoms with Gasteiger partial charge in [-0.3, -0.25) is 19.1 Å². The largest absolute Gasteiger partial charge is 0.322 e. The van der Waals surface area contributed by atoms with Crippen molar-refractivity contribution in [1.29, 1.82) is 0 Å². The number of para-hydroxylation sites is 3. The number of anilines is 1. The van der Waals surface area contributed by atoms with E-state index < -0.39 is 0 Å². The van der Waals surface area contributed by atoms with Gasteiger partial charge < -0.3 is 5.32 Å². The van der Waals surface area contributed by atoms with Gasteiger partial charge in [0, 0.05) is 22.1 Å². The predicted molar refractivity (Wildman–Crippen MR) is 129 cm³/mol. The first-order valence-electron chi connectivity index (χ1n) is 10.4. The minimum Gasteiger partial charge on any atom is -0.322 e. The van der Waals surface area contributed by atoms with Crippen LogP contribution in [0, 0.1) is 13.8 Å². The summed E-state index contributed by atoms with van der Waals surface area (Å²) in [6, 6.07) is 26.5. The molecule has 0 fully saturated rings. The molecule has 0 aliphatic heterocycles. The third-order valence-electron chi connectivity index (χ3n) is 5.66. The van der Waals surface area contributed by atoms with E-state index in [2.05, 4.69) is 10.3 Å². The Kier molecular flexibility index (Phi) is 4.79. The molecule has 156 valence electrons. The van der Waals surface area contributed by atoms with Crippen molar-refractivity contribution < 1.29 is 4.79 Å². The number of amides is 1. The van der Waals surface area contributed by atoms with Gasteiger partial charge in [0.25, 0.3) is 11.5 Å². The molecule has 1 amide bonds. The maximum Gasteiger partial charge on any atom is 0.265 e. The molecule has 0 radical (unpaired) electrons. The van der Waals surface area contributed by atoms with Crippen molar-refractivity contribution in [3.63, 3.8) is 0 Å². The molecular formula is C27H21N3O2. The van der Waals surface area contributed by atoms with Gasteiger partial charge in [0.15, 0.2) is 0 Å². The Morgan fingerprint density at radius 2 is 1.41 bits per heavy atom. The highest BCUT2D eigenvalue weighted by molar-refractivity contribution is 6.20. The molecule has 0 bridgehead atoms. The monoisotopic (exact) mass is 419 g/mol. The Morgan fingerprint density at radius 1 is 0.781 bits per heavy atom. The minimum absolute atomic E-state index is 0.191. The lowest BCUT2D eigenvalue weighted by molar-refractivity contribution is 0.102. The highest BCUT2D eigenvalue weighted by Crippen LogP contribution is 2.31. The highest BCUT2D eigenvalue weighted by Gasteiger charge is 2.23. The van der Waals surface area contributed by atoms with Gasteiger partial charge in [0.05, 0.1) is 27.9 Å². The standard InChI is InChI=1S/C27H21N3O2/c1-17-23(26(31)29-19-11-5-3-6-12-19)25-21-15-9-10-16-22(21)30(20-13-7-4-8-14-20)27(32)24(25)18(2)28-17/h3-16H,1-2H3,(H,29,31). The van der Waals surface area contributed by atoms with Gasteiger partial charge in [-0.1, -0.05) is 54.6 Å². The van der Waals surface area contributed by atoms with Gasteiger partial charge in [0.1, 0.15) is 0 Å². The molecule has 2 aromatic heterocycles. The molecule has 5 rings (SSSR count). The van der Waals surface area contributed by atoms with Crippen LogP contribution in [0.25, 0.3) is 27.4 Å². The first kappa shape index (κ1) is 19.7. The number of rotatable bonds is 3. The third kappa shape index (κ3) is 3.15. The maximum atomic E-state index is 13.8. The smallest absolute Gasteiger partial charge is 0.265 e. The van der Waals surface area contributed by atoms with Crippen LogP contribution in [0.5, 0.6) is 0 Å². The first-order valence-corrected chi connectivity index (χ1v) is 10.4. The molecule has 32 heavy (non-hydrogen) atoms. The minimum atomic E-state index is -0.284. The lowest BCUT2D eigenvalue weighted by Crippen LogP contribution is -2.23. The van der Waals surface area contributed by atoms with Crippen molar-refractivity contribution in [1.82, 2.24) is 9.55 Å². The average Bonchev–Trinajstić information content (AvgIpc) is 2.80. The van der Waals surface area contributed by atoms with Crippen LogP contribution in [0.2, 0.25) is 0 Å². The number of hydrogen-bond acceptors (Lipinski definition) is 3. The van der Waals surface area contributed by atoms with Crippen LogP contribution in [0.4, 0.5) is 5.69 Å². The fraction of sp³-hybridized carbons (Fsp3) is 0.0741. The second-order valence-corrected chi connectivity index (χ2v) is 7.72. The summed E-state index contributed by atoms with van der Waals surface area (Å²) < 4.78 is 1.70. The number of nitrogens with zero attached hydrogens (tertiary/aromatic N) is 2. The number of aryl methyl sites for hydroxylation is 2. The molecule has 0 saturated heterocycles. The lowest BCUT2D eigenvalue weighted by Gasteiger charge is -2.18. The number of carbonyl (C=O) groups is 1. The third-order valence-corrected chi connectivity index (χ3v) is 5.66. The Bertz CT molecular complexity index is 1540. The predicted octanol–water partition coefficient (Wildman–Crippen LogP) is 5.41. The SMILES string of the molecule is Cc1nc(C)c2c(=O)n(-c3ccccc3)c3ccccc3c2c1C(=O)Nc1ccccc1. The summed E-state index contributed by atoms with van der Waals surface area (Å²) in [5.74, 6) is -0.284. The fourth-order valence-electron chi connectivity index (χ4n) is 4.31. The Morgan fingerprint density at radius 3 is 2.12 bits per heavy atom. The van der Waals surface area contributed by atoms with Gasteiger partial charge in [-0.05, 0) is 44.2 Å². The van der Waals surface area contributed by atoms with Crippen molar-refractivity contribution in [2.45, 2.75) is 13.8 Å². The molecule has 5 nitrogen and oxygen atoms in total. The van der Waals surface area contributed by atoms with E-state index in [0.717, 1.165) is 16.6 Å². The van der Waals surface area contributed by atoms with Gasteiger partial charge >= 0.3 is 0 Å². The van der Waals surface area contributed by atoms with Gasteiger partial charge in [-0.25, -0.2) is 0 Å². The van der Waals surface area contributed by atoms with E-state index in [0.29, 0.717) is 33.4 Å². The number of carbonyl (C=O) groups excluding carboxylic acids is 1. The maximum absolute atomic E-state index is 13.8. The lowest BCUT2D eigenvalue weighted by atomic mass is 9.98. The normalized spacial score (nSPS) is 11.1. The molecule has 0 spiro atoms.